The van der Waals surface area contributed by atoms with Gasteiger partial charge in [-0.05, 0) is 47.4 Å². The molecule has 0 saturated heterocycles. The van der Waals surface area contributed by atoms with Crippen LogP contribution in [-0.2, 0) is 19.8 Å². The van der Waals surface area contributed by atoms with E-state index in [1.165, 1.54) is 0 Å². The van der Waals surface area contributed by atoms with Gasteiger partial charge in [-0.2, -0.15) is 0 Å². The fourth-order valence-electron chi connectivity index (χ4n) is 4.22. The third-order valence-corrected chi connectivity index (χ3v) is 6.40. The van der Waals surface area contributed by atoms with Crippen molar-refractivity contribution >= 4 is 5.78 Å². The number of Topliss-reactive ketones (excluding diaryl/α,β-unsaturated/α-hetero) is 1. The van der Waals surface area contributed by atoms with Gasteiger partial charge in [-0.15, -0.1) is 13.2 Å². The van der Waals surface area contributed by atoms with Crippen molar-refractivity contribution in [2.75, 3.05) is 13.1 Å². The Morgan fingerprint density at radius 2 is 1.19 bits per heavy atom. The van der Waals surface area contributed by atoms with Crippen molar-refractivity contribution in [2.45, 2.75) is 40.5 Å². The second kappa shape index (κ2) is 20.2. The maximum atomic E-state index is 13.5. The topological polar surface area (TPSA) is 38.8 Å². The molecule has 0 unspecified atom stereocenters. The Morgan fingerprint density at radius 1 is 0.698 bits per heavy atom. The molecule has 4 rings (SSSR count). The normalized spacial score (nSPS) is 10.5. The monoisotopic (exact) mass is 575 g/mol. The number of carbonyl (C=O) groups is 1. The van der Waals surface area contributed by atoms with Crippen LogP contribution in [0.5, 0.6) is 11.5 Å². The zero-order chi connectivity index (χ0) is 31.3. The van der Waals surface area contributed by atoms with Gasteiger partial charge in [0, 0.05) is 18.7 Å². The Bertz CT molecular complexity index is 1380. The number of benzene rings is 4. The maximum absolute atomic E-state index is 13.5. The summed E-state index contributed by atoms with van der Waals surface area (Å²) < 4.78 is 12.3. The highest BCUT2D eigenvalue weighted by Crippen LogP contribution is 2.30. The van der Waals surface area contributed by atoms with Gasteiger partial charge in [-0.1, -0.05) is 124 Å². The van der Waals surface area contributed by atoms with Crippen LogP contribution in [0, 0.1) is 0 Å². The summed E-state index contributed by atoms with van der Waals surface area (Å²) in [5.41, 5.74) is 4.92. The Labute approximate surface area is 258 Å². The number of hydrogen-bond donors (Lipinski definition) is 0. The molecule has 0 aliphatic rings. The molecule has 0 amide bonds. The van der Waals surface area contributed by atoms with E-state index < -0.39 is 0 Å². The zero-order valence-corrected chi connectivity index (χ0v) is 25.9. The summed E-state index contributed by atoms with van der Waals surface area (Å²) >= 11 is 0. The van der Waals surface area contributed by atoms with Gasteiger partial charge in [0.15, 0.2) is 17.3 Å². The standard InChI is InChI=1S/C35H35NO3.C2H6.C2H4/c1-3-28(4-2)23-36(24-29-14-8-5-9-15-29)25-33(37)32-20-21-34(38-26-30-16-10-6-11-17-30)35(22-32)39-27-31-18-12-7-13-19-31;2*1-2/h3-22H,1,23-27H2,2H3;1-2H3;1-2H2/b28-4+;;. The number of ketones is 1. The number of nitrogens with zero attached hydrogens (tertiary/aromatic N) is 1. The van der Waals surface area contributed by atoms with Crippen LogP contribution in [0.4, 0.5) is 0 Å². The van der Waals surface area contributed by atoms with E-state index in [1.54, 1.807) is 6.07 Å². The Balaban J connectivity index is 0.00000155. The van der Waals surface area contributed by atoms with Crippen molar-refractivity contribution < 1.29 is 14.3 Å². The first-order chi connectivity index (χ1) is 21.1. The largest absolute Gasteiger partial charge is 0.485 e. The zero-order valence-electron chi connectivity index (χ0n) is 25.9. The predicted molar refractivity (Wildman–Crippen MR) is 181 cm³/mol. The molecule has 0 aliphatic heterocycles. The molecule has 0 bridgehead atoms. The molecule has 0 aromatic heterocycles. The third kappa shape index (κ3) is 12.0. The van der Waals surface area contributed by atoms with Crippen molar-refractivity contribution in [1.82, 2.24) is 4.90 Å². The first kappa shape index (κ1) is 34.5. The molecular formula is C39H45NO3. The molecule has 0 aliphatic carbocycles. The summed E-state index contributed by atoms with van der Waals surface area (Å²) in [6.07, 6.45) is 3.88. The van der Waals surface area contributed by atoms with Gasteiger partial charge in [-0.25, -0.2) is 0 Å². The second-order valence-corrected chi connectivity index (χ2v) is 9.33. The average molecular weight is 576 g/mol. The maximum Gasteiger partial charge on any atom is 0.176 e. The van der Waals surface area contributed by atoms with Crippen LogP contribution < -0.4 is 9.47 Å². The Kier molecular flexibility index (Phi) is 16.3. The lowest BCUT2D eigenvalue weighted by Gasteiger charge is -2.23. The van der Waals surface area contributed by atoms with Gasteiger partial charge >= 0.3 is 0 Å². The molecule has 0 radical (unpaired) electrons. The van der Waals surface area contributed by atoms with Crippen LogP contribution in [0.15, 0.2) is 147 Å². The van der Waals surface area contributed by atoms with Gasteiger partial charge in [-0.3, -0.25) is 9.69 Å². The molecule has 0 saturated carbocycles. The summed E-state index contributed by atoms with van der Waals surface area (Å²) in [7, 11) is 0. The lowest BCUT2D eigenvalue weighted by Crippen LogP contribution is -2.31. The molecule has 4 aromatic rings. The lowest BCUT2D eigenvalue weighted by atomic mass is 10.1. The van der Waals surface area contributed by atoms with Gasteiger partial charge in [0.2, 0.25) is 0 Å². The minimum Gasteiger partial charge on any atom is -0.485 e. The summed E-state index contributed by atoms with van der Waals surface area (Å²) in [6.45, 7) is 18.3. The molecule has 0 fully saturated rings. The van der Waals surface area contributed by atoms with Crippen LogP contribution in [0.2, 0.25) is 0 Å². The molecular weight excluding hydrogens is 530 g/mol. The van der Waals surface area contributed by atoms with Gasteiger partial charge in [0.25, 0.3) is 0 Å². The molecule has 224 valence electrons. The fourth-order valence-corrected chi connectivity index (χ4v) is 4.22. The summed E-state index contributed by atoms with van der Waals surface area (Å²) in [5, 5.41) is 0. The average Bonchev–Trinajstić information content (AvgIpc) is 3.08. The van der Waals surface area contributed by atoms with Crippen LogP contribution in [-0.4, -0.2) is 23.8 Å². The van der Waals surface area contributed by atoms with Crippen molar-refractivity contribution in [1.29, 1.82) is 0 Å². The van der Waals surface area contributed by atoms with Crippen LogP contribution >= 0.6 is 0 Å². The van der Waals surface area contributed by atoms with E-state index in [4.69, 9.17) is 9.47 Å². The van der Waals surface area contributed by atoms with E-state index >= 15 is 0 Å². The molecule has 43 heavy (non-hydrogen) atoms. The van der Waals surface area contributed by atoms with E-state index in [-0.39, 0.29) is 12.3 Å². The summed E-state index contributed by atoms with van der Waals surface area (Å²) in [5.74, 6) is 1.18. The molecule has 0 spiro atoms. The van der Waals surface area contributed by atoms with E-state index in [2.05, 4.69) is 36.8 Å². The predicted octanol–water partition coefficient (Wildman–Crippen LogP) is 9.49. The van der Waals surface area contributed by atoms with Crippen molar-refractivity contribution in [3.05, 3.63) is 169 Å². The number of allylic oxidation sites excluding steroid dienone is 1. The highest BCUT2D eigenvalue weighted by molar-refractivity contribution is 5.98. The number of hydrogen-bond acceptors (Lipinski definition) is 4. The van der Waals surface area contributed by atoms with Gasteiger partial charge < -0.3 is 9.47 Å². The van der Waals surface area contributed by atoms with Crippen LogP contribution in [0.3, 0.4) is 0 Å². The molecule has 0 N–H and O–H groups in total. The number of ether oxygens (including phenoxy) is 2. The van der Waals surface area contributed by atoms with Crippen molar-refractivity contribution in [3.8, 4) is 11.5 Å². The van der Waals surface area contributed by atoms with Crippen LogP contribution in [0.25, 0.3) is 0 Å². The highest BCUT2D eigenvalue weighted by atomic mass is 16.5. The molecule has 4 aromatic carbocycles. The third-order valence-electron chi connectivity index (χ3n) is 6.40. The fraction of sp³-hybridized carbons (Fsp3) is 0.205. The highest BCUT2D eigenvalue weighted by Gasteiger charge is 2.17. The van der Waals surface area contributed by atoms with E-state index in [0.717, 1.165) is 22.3 Å². The molecule has 4 heteroatoms. The van der Waals surface area contributed by atoms with Gasteiger partial charge in [0.1, 0.15) is 13.2 Å². The SMILES string of the molecule is C=C.C=C/C(=C\C)CN(CC(=O)c1ccc(OCc2ccccc2)c(OCc2ccccc2)c1)Cc1ccccc1.CC. The Hall–Kier alpha value is -4.67. The molecule has 0 heterocycles. The minimum absolute atomic E-state index is 0.0182. The molecule has 4 nitrogen and oxygen atoms in total. The summed E-state index contributed by atoms with van der Waals surface area (Å²) in [4.78, 5) is 15.7. The smallest absolute Gasteiger partial charge is 0.176 e. The lowest BCUT2D eigenvalue weighted by molar-refractivity contribution is 0.0932. The number of rotatable bonds is 14. The van der Waals surface area contributed by atoms with E-state index in [0.29, 0.717) is 43.4 Å². The van der Waals surface area contributed by atoms with Gasteiger partial charge in [0.05, 0.1) is 6.54 Å². The van der Waals surface area contributed by atoms with E-state index in [1.807, 2.05) is 124 Å². The van der Waals surface area contributed by atoms with Crippen LogP contribution in [0.1, 0.15) is 47.8 Å². The number of carbonyl (C=O) groups excluding carboxylic acids is 1. The van der Waals surface area contributed by atoms with Crippen molar-refractivity contribution in [3.63, 3.8) is 0 Å². The molecule has 0 atom stereocenters. The Morgan fingerprint density at radius 3 is 1.67 bits per heavy atom. The first-order valence-electron chi connectivity index (χ1n) is 14.7. The van der Waals surface area contributed by atoms with E-state index in [9.17, 15) is 4.79 Å². The minimum atomic E-state index is 0.0182. The second-order valence-electron chi connectivity index (χ2n) is 9.33. The first-order valence-corrected chi connectivity index (χ1v) is 14.7. The quantitative estimate of drug-likeness (QED) is 0.0853. The summed E-state index contributed by atoms with van der Waals surface area (Å²) in [6, 6.07) is 35.6. The van der Waals surface area contributed by atoms with Crippen molar-refractivity contribution in [2.24, 2.45) is 0 Å².